The Labute approximate surface area is 168 Å². The van der Waals surface area contributed by atoms with Crippen LogP contribution in [0.15, 0.2) is 11.1 Å². The molecule has 2 saturated heterocycles. The first-order valence-electron chi connectivity index (χ1n) is 10.1. The largest absolute Gasteiger partial charge is 0.339 e. The molecule has 1 aromatic rings. The van der Waals surface area contributed by atoms with Crippen molar-refractivity contribution in [3.63, 3.8) is 0 Å². The molecule has 1 saturated carbocycles. The van der Waals surface area contributed by atoms with Crippen LogP contribution in [0.25, 0.3) is 0 Å². The molecule has 3 unspecified atom stereocenters. The van der Waals surface area contributed by atoms with Gasteiger partial charge in [0.1, 0.15) is 12.8 Å². The standard InChI is InChI=1S/C19H27FN6O3/c1-11-12(2)21-10-26(18(11)29)9-14(27)24-5-7-25(8-6-24)19-22-16(13-3-4-13)15(20)17(28)23-19/h10,13,15-16,19,22H,3-9H2,1-2H3,(H,23,28). The number of aromatic nitrogens is 2. The zero-order valence-corrected chi connectivity index (χ0v) is 16.7. The molecule has 4 rings (SSSR count). The van der Waals surface area contributed by atoms with E-state index in [2.05, 4.69) is 15.6 Å². The number of nitrogens with zero attached hydrogens (tertiary/aromatic N) is 4. The lowest BCUT2D eigenvalue weighted by Gasteiger charge is -2.43. The van der Waals surface area contributed by atoms with Crippen LogP contribution in [-0.4, -0.2) is 75.8 Å². The molecule has 1 aromatic heterocycles. The second-order valence-electron chi connectivity index (χ2n) is 8.15. The number of carbonyl (C=O) groups excluding carboxylic acids is 2. The smallest absolute Gasteiger partial charge is 0.258 e. The Kier molecular flexibility index (Phi) is 5.39. The highest BCUT2D eigenvalue weighted by atomic mass is 19.1. The van der Waals surface area contributed by atoms with Crippen LogP contribution in [0.2, 0.25) is 0 Å². The normalized spacial score (nSPS) is 28.3. The van der Waals surface area contributed by atoms with E-state index in [-0.39, 0.29) is 23.9 Å². The average molecular weight is 406 g/mol. The Morgan fingerprint density at radius 3 is 2.55 bits per heavy atom. The zero-order valence-electron chi connectivity index (χ0n) is 16.7. The molecule has 0 radical (unpaired) electrons. The SMILES string of the molecule is Cc1ncn(CC(=O)N2CCN(C3NC(=O)C(F)C(C4CC4)N3)CC2)c(=O)c1C. The summed E-state index contributed by atoms with van der Waals surface area (Å²) in [6.45, 7) is 5.49. The van der Waals surface area contributed by atoms with Crippen LogP contribution < -0.4 is 16.2 Å². The van der Waals surface area contributed by atoms with Crippen LogP contribution >= 0.6 is 0 Å². The van der Waals surface area contributed by atoms with Gasteiger partial charge >= 0.3 is 0 Å². The number of piperazine rings is 1. The fourth-order valence-corrected chi connectivity index (χ4v) is 3.98. The summed E-state index contributed by atoms with van der Waals surface area (Å²) < 4.78 is 15.5. The first-order chi connectivity index (χ1) is 13.8. The van der Waals surface area contributed by atoms with E-state index in [4.69, 9.17) is 0 Å². The Morgan fingerprint density at radius 2 is 1.90 bits per heavy atom. The number of carbonyl (C=O) groups is 2. The predicted octanol–water partition coefficient (Wildman–Crippen LogP) is -0.876. The number of alkyl halides is 1. The summed E-state index contributed by atoms with van der Waals surface area (Å²) in [7, 11) is 0. The summed E-state index contributed by atoms with van der Waals surface area (Å²) in [5.41, 5.74) is 1.00. The Bertz CT molecular complexity index is 862. The van der Waals surface area contributed by atoms with E-state index in [0.717, 1.165) is 12.8 Å². The first kappa shape index (κ1) is 20.0. The van der Waals surface area contributed by atoms with E-state index in [1.54, 1.807) is 18.7 Å². The fourth-order valence-electron chi connectivity index (χ4n) is 3.98. The fraction of sp³-hybridized carbons (Fsp3) is 0.684. The van der Waals surface area contributed by atoms with Crippen LogP contribution in [0.3, 0.4) is 0 Å². The third kappa shape index (κ3) is 4.04. The van der Waals surface area contributed by atoms with Crippen molar-refractivity contribution >= 4 is 11.8 Å². The lowest BCUT2D eigenvalue weighted by atomic mass is 10.0. The zero-order chi connectivity index (χ0) is 20.7. The first-order valence-corrected chi connectivity index (χ1v) is 10.1. The number of nitrogens with one attached hydrogen (secondary N) is 2. The number of halogens is 1. The highest BCUT2D eigenvalue weighted by Crippen LogP contribution is 2.36. The van der Waals surface area contributed by atoms with E-state index >= 15 is 0 Å². The third-order valence-corrected chi connectivity index (χ3v) is 6.18. The highest BCUT2D eigenvalue weighted by Gasteiger charge is 2.46. The van der Waals surface area contributed by atoms with Gasteiger partial charge in [0.2, 0.25) is 5.91 Å². The minimum Gasteiger partial charge on any atom is -0.339 e. The van der Waals surface area contributed by atoms with Gasteiger partial charge in [0.25, 0.3) is 11.5 Å². The van der Waals surface area contributed by atoms with Crippen molar-refractivity contribution in [3.05, 3.63) is 27.9 Å². The maximum atomic E-state index is 14.2. The minimum atomic E-state index is -1.51. The van der Waals surface area contributed by atoms with Gasteiger partial charge in [0.15, 0.2) is 6.17 Å². The van der Waals surface area contributed by atoms with Crippen molar-refractivity contribution in [1.82, 2.24) is 30.0 Å². The van der Waals surface area contributed by atoms with E-state index in [1.807, 2.05) is 4.90 Å². The van der Waals surface area contributed by atoms with Gasteiger partial charge in [-0.1, -0.05) is 0 Å². The number of hydrogen-bond donors (Lipinski definition) is 2. The average Bonchev–Trinajstić information content (AvgIpc) is 3.55. The molecule has 29 heavy (non-hydrogen) atoms. The number of amides is 2. The maximum absolute atomic E-state index is 14.2. The minimum absolute atomic E-state index is 0.0430. The Hall–Kier alpha value is -2.33. The van der Waals surface area contributed by atoms with Gasteiger partial charge in [-0.05, 0) is 32.6 Å². The molecule has 3 aliphatic rings. The summed E-state index contributed by atoms with van der Waals surface area (Å²) >= 11 is 0. The molecule has 158 valence electrons. The summed E-state index contributed by atoms with van der Waals surface area (Å²) in [5.74, 6) is -0.478. The van der Waals surface area contributed by atoms with E-state index in [1.165, 1.54) is 10.9 Å². The molecular weight excluding hydrogens is 379 g/mol. The third-order valence-electron chi connectivity index (χ3n) is 6.18. The number of rotatable bonds is 4. The topological polar surface area (TPSA) is 99.6 Å². The summed E-state index contributed by atoms with van der Waals surface area (Å²) in [5, 5.41) is 5.93. The maximum Gasteiger partial charge on any atom is 0.258 e. The van der Waals surface area contributed by atoms with Gasteiger partial charge in [-0.25, -0.2) is 9.37 Å². The van der Waals surface area contributed by atoms with E-state index in [9.17, 15) is 18.8 Å². The van der Waals surface area contributed by atoms with Gasteiger partial charge in [-0.15, -0.1) is 0 Å². The summed E-state index contributed by atoms with van der Waals surface area (Å²) in [6, 6.07) is -0.433. The molecule has 2 amide bonds. The summed E-state index contributed by atoms with van der Waals surface area (Å²) in [6.07, 6.45) is 1.39. The van der Waals surface area contributed by atoms with Gasteiger partial charge < -0.3 is 10.2 Å². The van der Waals surface area contributed by atoms with Crippen molar-refractivity contribution in [1.29, 1.82) is 0 Å². The Morgan fingerprint density at radius 1 is 1.21 bits per heavy atom. The van der Waals surface area contributed by atoms with Crippen molar-refractivity contribution < 1.29 is 14.0 Å². The van der Waals surface area contributed by atoms with E-state index < -0.39 is 24.4 Å². The molecule has 10 heteroatoms. The molecule has 3 atom stereocenters. The molecule has 0 bridgehead atoms. The lowest BCUT2D eigenvalue weighted by molar-refractivity contribution is -0.139. The van der Waals surface area contributed by atoms with Crippen molar-refractivity contribution in [2.45, 2.75) is 51.7 Å². The van der Waals surface area contributed by atoms with E-state index in [0.29, 0.717) is 37.4 Å². The molecule has 1 aliphatic carbocycles. The van der Waals surface area contributed by atoms with Gasteiger partial charge in [-0.2, -0.15) is 0 Å². The molecule has 3 fully saturated rings. The van der Waals surface area contributed by atoms with Crippen LogP contribution in [0.4, 0.5) is 4.39 Å². The number of aryl methyl sites for hydroxylation is 1. The van der Waals surface area contributed by atoms with Crippen LogP contribution in [-0.2, 0) is 16.1 Å². The van der Waals surface area contributed by atoms with Gasteiger partial charge in [0.05, 0.1) is 12.4 Å². The van der Waals surface area contributed by atoms with Crippen LogP contribution in [0.1, 0.15) is 24.1 Å². The van der Waals surface area contributed by atoms with Crippen molar-refractivity contribution in [2.75, 3.05) is 26.2 Å². The second kappa shape index (κ2) is 7.83. The van der Waals surface area contributed by atoms with Crippen LogP contribution in [0.5, 0.6) is 0 Å². The van der Waals surface area contributed by atoms with Crippen molar-refractivity contribution in [2.24, 2.45) is 5.92 Å². The molecule has 3 heterocycles. The molecule has 9 nitrogen and oxygen atoms in total. The number of hydrogen-bond acceptors (Lipinski definition) is 6. The van der Waals surface area contributed by atoms with Crippen LogP contribution in [0, 0.1) is 19.8 Å². The second-order valence-corrected chi connectivity index (χ2v) is 8.15. The lowest BCUT2D eigenvalue weighted by Crippen LogP contribution is -2.70. The quantitative estimate of drug-likeness (QED) is 0.674. The summed E-state index contributed by atoms with van der Waals surface area (Å²) in [4.78, 5) is 44.8. The molecular formula is C19H27FN6O3. The predicted molar refractivity (Wildman–Crippen MR) is 103 cm³/mol. The Balaban J connectivity index is 1.33. The monoisotopic (exact) mass is 406 g/mol. The molecule has 0 aromatic carbocycles. The van der Waals surface area contributed by atoms with Gasteiger partial charge in [-0.3, -0.25) is 29.2 Å². The molecule has 0 spiro atoms. The molecule has 2 aliphatic heterocycles. The molecule has 2 N–H and O–H groups in total. The van der Waals surface area contributed by atoms with Crippen molar-refractivity contribution in [3.8, 4) is 0 Å². The van der Waals surface area contributed by atoms with Gasteiger partial charge in [0, 0.05) is 37.4 Å². The highest BCUT2D eigenvalue weighted by molar-refractivity contribution is 5.82.